The van der Waals surface area contributed by atoms with Crippen molar-refractivity contribution < 1.29 is 20.2 Å². The monoisotopic (exact) mass is 239 g/mol. The maximum absolute atomic E-state index is 11.6. The molecular formula is C12H17NO4. The lowest BCUT2D eigenvalue weighted by Gasteiger charge is -2.06. The topological polar surface area (TPSA) is 97.9 Å². The number of carbonyl (C=O) groups is 2. The molecule has 0 spiro atoms. The fourth-order valence-corrected chi connectivity index (χ4v) is 1.41. The minimum absolute atomic E-state index is 0. The highest BCUT2D eigenvalue weighted by atomic mass is 16.3. The number of benzene rings is 1. The van der Waals surface area contributed by atoms with Crippen molar-refractivity contribution in [3.05, 3.63) is 23.8 Å². The number of aromatic hydroxyl groups is 1. The third-order valence-corrected chi connectivity index (χ3v) is 2.10. The van der Waals surface area contributed by atoms with Gasteiger partial charge in [-0.25, -0.2) is 0 Å². The molecule has 0 aliphatic heterocycles. The number of phenolic OH excluding ortho intramolecular Hbond substituents is 1. The van der Waals surface area contributed by atoms with Crippen molar-refractivity contribution >= 4 is 17.4 Å². The van der Waals surface area contributed by atoms with E-state index in [4.69, 9.17) is 0 Å². The summed E-state index contributed by atoms with van der Waals surface area (Å²) in [6.07, 6.45) is 1.15. The van der Waals surface area contributed by atoms with Gasteiger partial charge in [0.15, 0.2) is 5.78 Å². The summed E-state index contributed by atoms with van der Waals surface area (Å²) in [5.74, 6) is -0.397. The number of hydrogen-bond acceptors (Lipinski definition) is 3. The zero-order valence-corrected chi connectivity index (χ0v) is 9.91. The second-order valence-electron chi connectivity index (χ2n) is 3.59. The maximum Gasteiger partial charge on any atom is 0.221 e. The average molecular weight is 239 g/mol. The number of Topliss-reactive ketones (excluding diaryl/α,β-unsaturated/α-hetero) is 1. The Labute approximate surface area is 99.8 Å². The number of rotatable bonds is 4. The van der Waals surface area contributed by atoms with Crippen LogP contribution < -0.4 is 5.32 Å². The van der Waals surface area contributed by atoms with E-state index >= 15 is 0 Å². The van der Waals surface area contributed by atoms with E-state index in [1.165, 1.54) is 19.1 Å². The Hall–Kier alpha value is -1.88. The minimum Gasteiger partial charge on any atom is -0.507 e. The Bertz CT molecular complexity index is 415. The van der Waals surface area contributed by atoms with Gasteiger partial charge in [0.05, 0.1) is 5.56 Å². The Morgan fingerprint density at radius 1 is 1.35 bits per heavy atom. The summed E-state index contributed by atoms with van der Waals surface area (Å²) in [4.78, 5) is 22.3. The Balaban J connectivity index is 0.00000256. The van der Waals surface area contributed by atoms with E-state index in [1.807, 2.05) is 6.92 Å². The average Bonchev–Trinajstić information content (AvgIpc) is 2.16. The first-order valence-electron chi connectivity index (χ1n) is 5.18. The molecule has 0 bridgehead atoms. The molecule has 94 valence electrons. The molecule has 0 aliphatic rings. The molecule has 5 nitrogen and oxygen atoms in total. The van der Waals surface area contributed by atoms with E-state index in [2.05, 4.69) is 5.32 Å². The van der Waals surface area contributed by atoms with Crippen LogP contribution in [0.3, 0.4) is 0 Å². The lowest BCUT2D eigenvalue weighted by molar-refractivity contribution is -0.114. The van der Waals surface area contributed by atoms with Gasteiger partial charge in [0.2, 0.25) is 5.91 Å². The van der Waals surface area contributed by atoms with Gasteiger partial charge in [0, 0.05) is 25.1 Å². The van der Waals surface area contributed by atoms with Crippen molar-refractivity contribution in [3.8, 4) is 5.75 Å². The number of anilines is 1. The molecule has 5 heteroatoms. The SMILES string of the molecule is CCCC(=O)c1ccc(NC(C)=O)cc1O.O. The first-order valence-corrected chi connectivity index (χ1v) is 5.18. The highest BCUT2D eigenvalue weighted by molar-refractivity contribution is 5.99. The van der Waals surface area contributed by atoms with E-state index in [-0.39, 0.29) is 22.9 Å². The smallest absolute Gasteiger partial charge is 0.221 e. The fraction of sp³-hybridized carbons (Fsp3) is 0.333. The third-order valence-electron chi connectivity index (χ3n) is 2.10. The van der Waals surface area contributed by atoms with Crippen LogP contribution in [0.1, 0.15) is 37.0 Å². The standard InChI is InChI=1S/C12H15NO3.H2O/c1-3-4-11(15)10-6-5-9(7-12(10)16)13-8(2)14;/h5-7,16H,3-4H2,1-2H3,(H,13,14);1H2. The van der Waals surface area contributed by atoms with E-state index in [9.17, 15) is 14.7 Å². The van der Waals surface area contributed by atoms with Crippen molar-refractivity contribution in [3.63, 3.8) is 0 Å². The van der Waals surface area contributed by atoms with Crippen molar-refractivity contribution in [1.29, 1.82) is 0 Å². The Morgan fingerprint density at radius 2 is 2.00 bits per heavy atom. The van der Waals surface area contributed by atoms with Crippen molar-refractivity contribution in [2.75, 3.05) is 5.32 Å². The number of amides is 1. The van der Waals surface area contributed by atoms with Gasteiger partial charge in [-0.2, -0.15) is 0 Å². The molecule has 0 heterocycles. The zero-order valence-electron chi connectivity index (χ0n) is 9.91. The predicted molar refractivity (Wildman–Crippen MR) is 65.3 cm³/mol. The van der Waals surface area contributed by atoms with Crippen LogP contribution in [0.5, 0.6) is 5.75 Å². The van der Waals surface area contributed by atoms with Gasteiger partial charge in [-0.3, -0.25) is 9.59 Å². The molecule has 0 aliphatic carbocycles. The summed E-state index contributed by atoms with van der Waals surface area (Å²) in [6, 6.07) is 4.51. The molecule has 0 saturated carbocycles. The molecule has 0 radical (unpaired) electrons. The molecular weight excluding hydrogens is 222 g/mol. The zero-order chi connectivity index (χ0) is 12.1. The summed E-state index contributed by atoms with van der Waals surface area (Å²) in [6.45, 7) is 3.29. The predicted octanol–water partition coefficient (Wildman–Crippen LogP) is 1.51. The van der Waals surface area contributed by atoms with Gasteiger partial charge in [-0.15, -0.1) is 0 Å². The Kier molecular flexibility index (Phi) is 5.91. The van der Waals surface area contributed by atoms with Gasteiger partial charge in [0.25, 0.3) is 0 Å². The molecule has 0 unspecified atom stereocenters. The number of phenols is 1. The van der Waals surface area contributed by atoms with Crippen molar-refractivity contribution in [2.24, 2.45) is 0 Å². The molecule has 4 N–H and O–H groups in total. The number of hydrogen-bond donors (Lipinski definition) is 2. The summed E-state index contributed by atoms with van der Waals surface area (Å²) >= 11 is 0. The molecule has 0 fully saturated rings. The first-order chi connectivity index (χ1) is 7.54. The first kappa shape index (κ1) is 15.1. The largest absolute Gasteiger partial charge is 0.507 e. The summed E-state index contributed by atoms with van der Waals surface area (Å²) in [5, 5.41) is 12.2. The van der Waals surface area contributed by atoms with Gasteiger partial charge in [-0.05, 0) is 18.6 Å². The molecule has 1 amide bonds. The Morgan fingerprint density at radius 3 is 2.47 bits per heavy atom. The van der Waals surface area contributed by atoms with E-state index in [1.54, 1.807) is 6.07 Å². The van der Waals surface area contributed by atoms with E-state index < -0.39 is 0 Å². The lowest BCUT2D eigenvalue weighted by Crippen LogP contribution is -2.06. The quantitative estimate of drug-likeness (QED) is 0.779. The summed E-state index contributed by atoms with van der Waals surface area (Å²) < 4.78 is 0. The highest BCUT2D eigenvalue weighted by Crippen LogP contribution is 2.23. The molecule has 1 aromatic rings. The fourth-order valence-electron chi connectivity index (χ4n) is 1.41. The minimum atomic E-state index is -0.216. The van der Waals surface area contributed by atoms with Crippen LogP contribution in [-0.2, 0) is 4.79 Å². The van der Waals surface area contributed by atoms with Crippen LogP contribution in [0.15, 0.2) is 18.2 Å². The van der Waals surface area contributed by atoms with Gasteiger partial charge in [0.1, 0.15) is 5.75 Å². The molecule has 0 saturated heterocycles. The highest BCUT2D eigenvalue weighted by Gasteiger charge is 2.10. The maximum atomic E-state index is 11.6. The summed E-state index contributed by atoms with van der Waals surface area (Å²) in [7, 11) is 0. The number of carbonyl (C=O) groups excluding carboxylic acids is 2. The lowest BCUT2D eigenvalue weighted by atomic mass is 10.1. The van der Waals surface area contributed by atoms with Gasteiger partial charge < -0.3 is 15.9 Å². The van der Waals surface area contributed by atoms with Crippen molar-refractivity contribution in [2.45, 2.75) is 26.7 Å². The third kappa shape index (κ3) is 4.24. The van der Waals surface area contributed by atoms with E-state index in [0.717, 1.165) is 6.42 Å². The van der Waals surface area contributed by atoms with Crippen LogP contribution in [0.4, 0.5) is 5.69 Å². The normalized spacial score (nSPS) is 9.29. The molecule has 0 aromatic heterocycles. The van der Waals surface area contributed by atoms with Crippen LogP contribution >= 0.6 is 0 Å². The molecule has 17 heavy (non-hydrogen) atoms. The van der Waals surface area contributed by atoms with Crippen LogP contribution in [0.25, 0.3) is 0 Å². The number of nitrogens with one attached hydrogen (secondary N) is 1. The molecule has 1 aromatic carbocycles. The summed E-state index contributed by atoms with van der Waals surface area (Å²) in [5.41, 5.74) is 0.786. The van der Waals surface area contributed by atoms with Crippen LogP contribution in [0, 0.1) is 0 Å². The van der Waals surface area contributed by atoms with E-state index in [0.29, 0.717) is 17.7 Å². The second-order valence-corrected chi connectivity index (χ2v) is 3.59. The number of ketones is 1. The van der Waals surface area contributed by atoms with Crippen molar-refractivity contribution in [1.82, 2.24) is 0 Å². The van der Waals surface area contributed by atoms with Gasteiger partial charge >= 0.3 is 0 Å². The van der Waals surface area contributed by atoms with Crippen LogP contribution in [-0.4, -0.2) is 22.3 Å². The van der Waals surface area contributed by atoms with Crippen LogP contribution in [0.2, 0.25) is 0 Å². The molecule has 1 rings (SSSR count). The molecule has 0 atom stereocenters. The second kappa shape index (κ2) is 6.65. The van der Waals surface area contributed by atoms with Gasteiger partial charge in [-0.1, -0.05) is 6.92 Å².